The van der Waals surface area contributed by atoms with Crippen molar-refractivity contribution in [1.29, 1.82) is 0 Å². The van der Waals surface area contributed by atoms with Crippen molar-refractivity contribution >= 4 is 23.2 Å². The number of nitrogens with zero attached hydrogens (tertiary/aromatic N) is 1. The van der Waals surface area contributed by atoms with E-state index in [1.165, 1.54) is 7.11 Å². The molecule has 6 nitrogen and oxygen atoms in total. The Balaban J connectivity index is 1.86. The first kappa shape index (κ1) is 18.8. The summed E-state index contributed by atoms with van der Waals surface area (Å²) < 4.78 is 10.5. The van der Waals surface area contributed by atoms with Crippen LogP contribution in [0.1, 0.15) is 35.7 Å². The summed E-state index contributed by atoms with van der Waals surface area (Å²) in [6, 6.07) is 10.8. The average Bonchev–Trinajstić information content (AvgIpc) is 2.72. The van der Waals surface area contributed by atoms with Gasteiger partial charge in [0, 0.05) is 30.4 Å². The maximum atomic E-state index is 12.7. The van der Waals surface area contributed by atoms with Gasteiger partial charge in [-0.15, -0.1) is 0 Å². The molecule has 1 aliphatic heterocycles. The predicted octanol–water partition coefficient (Wildman–Crippen LogP) is 3.65. The van der Waals surface area contributed by atoms with Crippen LogP contribution in [0, 0.1) is 0 Å². The van der Waals surface area contributed by atoms with E-state index in [1.54, 1.807) is 25.3 Å². The topological polar surface area (TPSA) is 67.9 Å². The van der Waals surface area contributed by atoms with Gasteiger partial charge in [-0.2, -0.15) is 0 Å². The van der Waals surface area contributed by atoms with Gasteiger partial charge in [-0.25, -0.2) is 0 Å². The number of fused-ring (bicyclic) bond motifs is 1. The van der Waals surface area contributed by atoms with Crippen LogP contribution in [0.2, 0.25) is 0 Å². The third kappa shape index (κ3) is 3.89. The van der Waals surface area contributed by atoms with Crippen LogP contribution >= 0.6 is 0 Å². The second kappa shape index (κ2) is 8.12. The highest BCUT2D eigenvalue weighted by Gasteiger charge is 2.22. The number of hydrogen-bond acceptors (Lipinski definition) is 4. The molecule has 142 valence electrons. The van der Waals surface area contributed by atoms with Crippen molar-refractivity contribution in [2.24, 2.45) is 0 Å². The first-order chi connectivity index (χ1) is 13.1. The van der Waals surface area contributed by atoms with Gasteiger partial charge < -0.3 is 19.7 Å². The van der Waals surface area contributed by atoms with Gasteiger partial charge in [-0.05, 0) is 42.7 Å². The zero-order chi connectivity index (χ0) is 19.4. The molecule has 0 bridgehead atoms. The second-order valence-corrected chi connectivity index (χ2v) is 6.37. The Bertz CT molecular complexity index is 863. The molecular weight excluding hydrogens is 344 g/mol. The molecule has 0 aliphatic carbocycles. The molecule has 1 N–H and O–H groups in total. The molecule has 0 aromatic heterocycles. The summed E-state index contributed by atoms with van der Waals surface area (Å²) in [4.78, 5) is 26.8. The monoisotopic (exact) mass is 368 g/mol. The number of ether oxygens (including phenoxy) is 2. The molecule has 3 rings (SSSR count). The lowest BCUT2D eigenvalue weighted by Crippen LogP contribution is -2.35. The zero-order valence-electron chi connectivity index (χ0n) is 15.9. The van der Waals surface area contributed by atoms with E-state index in [4.69, 9.17) is 9.47 Å². The van der Waals surface area contributed by atoms with Gasteiger partial charge in [0.1, 0.15) is 11.5 Å². The van der Waals surface area contributed by atoms with Crippen LogP contribution in [-0.4, -0.2) is 32.6 Å². The van der Waals surface area contributed by atoms with Crippen LogP contribution in [0.25, 0.3) is 0 Å². The van der Waals surface area contributed by atoms with E-state index in [1.807, 2.05) is 30.0 Å². The number of methoxy groups -OCH3 is 2. The molecule has 2 amide bonds. The van der Waals surface area contributed by atoms with E-state index >= 15 is 0 Å². The molecule has 0 spiro atoms. The minimum atomic E-state index is -0.279. The number of rotatable bonds is 5. The summed E-state index contributed by atoms with van der Waals surface area (Å²) >= 11 is 0. The number of amides is 2. The van der Waals surface area contributed by atoms with Gasteiger partial charge in [0.2, 0.25) is 5.91 Å². The predicted molar refractivity (Wildman–Crippen MR) is 105 cm³/mol. The van der Waals surface area contributed by atoms with E-state index in [0.29, 0.717) is 35.7 Å². The standard InChI is InChI=1S/C21H24N2O4/c1-4-20(24)23-11-5-6-14-7-8-15(12-18(14)23)22-21(25)17-10-9-16(26-2)13-19(17)27-3/h7-10,12-13H,4-6,11H2,1-3H3,(H,22,25). The van der Waals surface area contributed by atoms with Gasteiger partial charge in [0.25, 0.3) is 5.91 Å². The van der Waals surface area contributed by atoms with Gasteiger partial charge >= 0.3 is 0 Å². The second-order valence-electron chi connectivity index (χ2n) is 6.37. The fraction of sp³-hybridized carbons (Fsp3) is 0.333. The molecule has 0 saturated carbocycles. The molecule has 0 radical (unpaired) electrons. The number of hydrogen-bond donors (Lipinski definition) is 1. The van der Waals surface area contributed by atoms with Crippen molar-refractivity contribution in [2.45, 2.75) is 26.2 Å². The number of aryl methyl sites for hydroxylation is 1. The van der Waals surface area contributed by atoms with E-state index in [0.717, 1.165) is 24.1 Å². The van der Waals surface area contributed by atoms with Crippen molar-refractivity contribution < 1.29 is 19.1 Å². The van der Waals surface area contributed by atoms with Crippen LogP contribution in [-0.2, 0) is 11.2 Å². The van der Waals surface area contributed by atoms with E-state index in [2.05, 4.69) is 5.32 Å². The lowest BCUT2D eigenvalue weighted by molar-refractivity contribution is -0.118. The molecule has 1 heterocycles. The Hall–Kier alpha value is -3.02. The van der Waals surface area contributed by atoms with E-state index < -0.39 is 0 Å². The maximum absolute atomic E-state index is 12.7. The molecule has 0 atom stereocenters. The van der Waals surface area contributed by atoms with Crippen molar-refractivity contribution in [3.63, 3.8) is 0 Å². The highest BCUT2D eigenvalue weighted by molar-refractivity contribution is 6.07. The Morgan fingerprint density at radius 3 is 2.63 bits per heavy atom. The van der Waals surface area contributed by atoms with Crippen LogP contribution in [0.15, 0.2) is 36.4 Å². The highest BCUT2D eigenvalue weighted by atomic mass is 16.5. The minimum absolute atomic E-state index is 0.0938. The zero-order valence-corrected chi connectivity index (χ0v) is 15.9. The van der Waals surface area contributed by atoms with Crippen molar-refractivity contribution in [3.8, 4) is 11.5 Å². The number of benzene rings is 2. The smallest absolute Gasteiger partial charge is 0.259 e. The summed E-state index contributed by atoms with van der Waals surface area (Å²) in [5, 5.41) is 2.90. The molecule has 6 heteroatoms. The minimum Gasteiger partial charge on any atom is -0.497 e. The average molecular weight is 368 g/mol. The number of nitrogens with one attached hydrogen (secondary N) is 1. The molecule has 2 aromatic rings. The van der Waals surface area contributed by atoms with Crippen LogP contribution < -0.4 is 19.7 Å². The number of carbonyl (C=O) groups is 2. The molecule has 0 fully saturated rings. The summed E-state index contributed by atoms with van der Waals surface area (Å²) in [6.07, 6.45) is 2.34. The first-order valence-electron chi connectivity index (χ1n) is 9.04. The van der Waals surface area contributed by atoms with Crippen LogP contribution in [0.5, 0.6) is 11.5 Å². The maximum Gasteiger partial charge on any atom is 0.259 e. The van der Waals surface area contributed by atoms with E-state index in [-0.39, 0.29) is 11.8 Å². The number of anilines is 2. The molecular formula is C21H24N2O4. The highest BCUT2D eigenvalue weighted by Crippen LogP contribution is 2.31. The first-order valence-corrected chi connectivity index (χ1v) is 9.04. The summed E-state index contributed by atoms with van der Waals surface area (Å²) in [7, 11) is 3.07. The normalized spacial score (nSPS) is 12.9. The summed E-state index contributed by atoms with van der Waals surface area (Å²) in [5.41, 5.74) is 3.07. The van der Waals surface area contributed by atoms with Gasteiger partial charge in [0.15, 0.2) is 0 Å². The summed E-state index contributed by atoms with van der Waals surface area (Å²) in [5.74, 6) is 0.869. The third-order valence-electron chi connectivity index (χ3n) is 4.72. The lowest BCUT2D eigenvalue weighted by Gasteiger charge is -2.29. The van der Waals surface area contributed by atoms with Gasteiger partial charge in [-0.3, -0.25) is 9.59 Å². The third-order valence-corrected chi connectivity index (χ3v) is 4.72. The number of carbonyl (C=O) groups excluding carboxylic acids is 2. The van der Waals surface area contributed by atoms with Crippen LogP contribution in [0.4, 0.5) is 11.4 Å². The quantitative estimate of drug-likeness (QED) is 0.875. The molecule has 0 saturated heterocycles. The molecule has 2 aromatic carbocycles. The lowest BCUT2D eigenvalue weighted by atomic mass is 10.0. The SMILES string of the molecule is CCC(=O)N1CCCc2ccc(NC(=O)c3ccc(OC)cc3OC)cc21. The Labute approximate surface area is 159 Å². The van der Waals surface area contributed by atoms with E-state index in [9.17, 15) is 9.59 Å². The largest absolute Gasteiger partial charge is 0.497 e. The van der Waals surface area contributed by atoms with Gasteiger partial charge in [-0.1, -0.05) is 13.0 Å². The fourth-order valence-corrected chi connectivity index (χ4v) is 3.29. The van der Waals surface area contributed by atoms with Crippen molar-refractivity contribution in [3.05, 3.63) is 47.5 Å². The Morgan fingerprint density at radius 1 is 1.11 bits per heavy atom. The molecule has 27 heavy (non-hydrogen) atoms. The molecule has 1 aliphatic rings. The van der Waals surface area contributed by atoms with Crippen LogP contribution in [0.3, 0.4) is 0 Å². The summed E-state index contributed by atoms with van der Waals surface area (Å²) in [6.45, 7) is 2.57. The van der Waals surface area contributed by atoms with Crippen molar-refractivity contribution in [2.75, 3.05) is 31.0 Å². The molecule has 0 unspecified atom stereocenters. The van der Waals surface area contributed by atoms with Gasteiger partial charge in [0.05, 0.1) is 19.8 Å². The Morgan fingerprint density at radius 2 is 1.93 bits per heavy atom. The fourth-order valence-electron chi connectivity index (χ4n) is 3.29. The van der Waals surface area contributed by atoms with Crippen molar-refractivity contribution in [1.82, 2.24) is 0 Å². The Kier molecular flexibility index (Phi) is 5.64.